The maximum absolute atomic E-state index is 13.1. The minimum atomic E-state index is 0.0857. The Morgan fingerprint density at radius 1 is 1.21 bits per heavy atom. The topological polar surface area (TPSA) is 33.2 Å². The van der Waals surface area contributed by atoms with Crippen LogP contribution in [0, 0.1) is 5.92 Å². The lowest BCUT2D eigenvalue weighted by Crippen LogP contribution is -2.34. The smallest absolute Gasteiger partial charge is 0.254 e. The number of hydrogen-bond donors (Lipinski definition) is 0. The third-order valence-corrected chi connectivity index (χ3v) is 4.87. The standard InChI is InChI=1S/C20H22N2OS/c1-4-22(13-14(2)3)20(23)16-12-18(19-10-7-11-24-19)21-17-9-6-5-8-15(16)17/h5-12,14H,4,13H2,1-3H3. The van der Waals surface area contributed by atoms with Gasteiger partial charge in [-0.25, -0.2) is 4.98 Å². The van der Waals surface area contributed by atoms with Crippen molar-refractivity contribution in [3.63, 3.8) is 0 Å². The number of aromatic nitrogens is 1. The van der Waals surface area contributed by atoms with E-state index in [1.54, 1.807) is 11.3 Å². The number of pyridine rings is 1. The van der Waals surface area contributed by atoms with Crippen LogP contribution >= 0.6 is 11.3 Å². The highest BCUT2D eigenvalue weighted by molar-refractivity contribution is 7.13. The fourth-order valence-corrected chi connectivity index (χ4v) is 3.56. The molecule has 0 saturated carbocycles. The lowest BCUT2D eigenvalue weighted by molar-refractivity contribution is 0.0747. The minimum Gasteiger partial charge on any atom is -0.339 e. The highest BCUT2D eigenvalue weighted by Gasteiger charge is 2.19. The van der Waals surface area contributed by atoms with Crippen LogP contribution in [0.25, 0.3) is 21.5 Å². The Balaban J connectivity index is 2.13. The molecule has 0 aliphatic rings. The Labute approximate surface area is 147 Å². The van der Waals surface area contributed by atoms with E-state index in [9.17, 15) is 4.79 Å². The molecule has 3 rings (SSSR count). The minimum absolute atomic E-state index is 0.0857. The molecule has 24 heavy (non-hydrogen) atoms. The van der Waals surface area contributed by atoms with Gasteiger partial charge in [0.15, 0.2) is 0 Å². The van der Waals surface area contributed by atoms with Gasteiger partial charge in [0.05, 0.1) is 21.7 Å². The molecule has 2 aromatic heterocycles. The van der Waals surface area contributed by atoms with E-state index in [0.717, 1.165) is 33.6 Å². The van der Waals surface area contributed by atoms with E-state index in [1.807, 2.05) is 59.7 Å². The van der Waals surface area contributed by atoms with Gasteiger partial charge in [-0.1, -0.05) is 38.1 Å². The molecule has 0 radical (unpaired) electrons. The van der Waals surface area contributed by atoms with Crippen LogP contribution in [0.4, 0.5) is 0 Å². The monoisotopic (exact) mass is 338 g/mol. The predicted molar refractivity (Wildman–Crippen MR) is 101 cm³/mol. The molecule has 0 fully saturated rings. The van der Waals surface area contributed by atoms with Crippen LogP contribution in [0.5, 0.6) is 0 Å². The SMILES string of the molecule is CCN(CC(C)C)C(=O)c1cc(-c2cccs2)nc2ccccc12. The molecule has 0 bridgehead atoms. The summed E-state index contributed by atoms with van der Waals surface area (Å²) >= 11 is 1.64. The molecule has 0 atom stereocenters. The lowest BCUT2D eigenvalue weighted by atomic mass is 10.0. The Bertz CT molecular complexity index is 840. The van der Waals surface area contributed by atoms with Gasteiger partial charge in [-0.3, -0.25) is 4.79 Å². The molecule has 0 saturated heterocycles. The zero-order valence-electron chi connectivity index (χ0n) is 14.3. The Morgan fingerprint density at radius 2 is 2.00 bits per heavy atom. The first kappa shape index (κ1) is 16.7. The normalized spacial score (nSPS) is 11.2. The van der Waals surface area contributed by atoms with Crippen LogP contribution in [-0.2, 0) is 0 Å². The number of carbonyl (C=O) groups is 1. The second kappa shape index (κ2) is 7.14. The molecule has 0 spiro atoms. The van der Waals surface area contributed by atoms with Crippen molar-refractivity contribution in [1.29, 1.82) is 0 Å². The maximum Gasteiger partial charge on any atom is 0.254 e. The third-order valence-electron chi connectivity index (χ3n) is 3.97. The summed E-state index contributed by atoms with van der Waals surface area (Å²) in [4.78, 5) is 20.9. The first-order valence-corrected chi connectivity index (χ1v) is 9.21. The number of benzene rings is 1. The molecule has 0 aliphatic heterocycles. The molecular formula is C20H22N2OS. The summed E-state index contributed by atoms with van der Waals surface area (Å²) in [6, 6.07) is 13.9. The summed E-state index contributed by atoms with van der Waals surface area (Å²) in [6.45, 7) is 7.78. The summed E-state index contributed by atoms with van der Waals surface area (Å²) in [5.41, 5.74) is 2.48. The molecule has 3 nitrogen and oxygen atoms in total. The molecule has 1 amide bonds. The Hall–Kier alpha value is -2.20. The van der Waals surface area contributed by atoms with Gasteiger partial charge < -0.3 is 4.90 Å². The van der Waals surface area contributed by atoms with Crippen molar-refractivity contribution in [3.8, 4) is 10.6 Å². The predicted octanol–water partition coefficient (Wildman–Crippen LogP) is 5.08. The number of nitrogens with zero attached hydrogens (tertiary/aromatic N) is 2. The number of hydrogen-bond acceptors (Lipinski definition) is 3. The molecule has 0 unspecified atom stereocenters. The number of thiophene rings is 1. The van der Waals surface area contributed by atoms with Gasteiger partial charge in [-0.15, -0.1) is 11.3 Å². The number of fused-ring (bicyclic) bond motifs is 1. The second-order valence-corrected chi connectivity index (χ2v) is 7.23. The molecular weight excluding hydrogens is 316 g/mol. The number of para-hydroxylation sites is 1. The molecule has 2 heterocycles. The van der Waals surface area contributed by atoms with Crippen LogP contribution in [0.15, 0.2) is 47.8 Å². The van der Waals surface area contributed by atoms with E-state index in [0.29, 0.717) is 12.5 Å². The summed E-state index contributed by atoms with van der Waals surface area (Å²) in [5.74, 6) is 0.529. The van der Waals surface area contributed by atoms with Gasteiger partial charge in [-0.05, 0) is 36.4 Å². The lowest BCUT2D eigenvalue weighted by Gasteiger charge is -2.24. The molecule has 0 N–H and O–H groups in total. The van der Waals surface area contributed by atoms with Gasteiger partial charge in [-0.2, -0.15) is 0 Å². The summed E-state index contributed by atoms with van der Waals surface area (Å²) in [7, 11) is 0. The third kappa shape index (κ3) is 3.34. The van der Waals surface area contributed by atoms with E-state index < -0.39 is 0 Å². The van der Waals surface area contributed by atoms with Crippen molar-refractivity contribution in [2.75, 3.05) is 13.1 Å². The quantitative estimate of drug-likeness (QED) is 0.650. The first-order valence-electron chi connectivity index (χ1n) is 8.33. The molecule has 3 aromatic rings. The number of rotatable bonds is 5. The van der Waals surface area contributed by atoms with Crippen LogP contribution < -0.4 is 0 Å². The second-order valence-electron chi connectivity index (χ2n) is 6.29. The fraction of sp³-hybridized carbons (Fsp3) is 0.300. The molecule has 124 valence electrons. The van der Waals surface area contributed by atoms with Crippen molar-refractivity contribution in [1.82, 2.24) is 9.88 Å². The summed E-state index contributed by atoms with van der Waals surface area (Å²) in [6.07, 6.45) is 0. The van der Waals surface area contributed by atoms with E-state index >= 15 is 0 Å². The van der Waals surface area contributed by atoms with E-state index in [-0.39, 0.29) is 5.91 Å². The Kier molecular flexibility index (Phi) is 4.95. The molecule has 1 aromatic carbocycles. The highest BCUT2D eigenvalue weighted by Crippen LogP contribution is 2.28. The molecule has 4 heteroatoms. The van der Waals surface area contributed by atoms with E-state index in [2.05, 4.69) is 13.8 Å². The average Bonchev–Trinajstić information content (AvgIpc) is 3.12. The summed E-state index contributed by atoms with van der Waals surface area (Å²) < 4.78 is 0. The maximum atomic E-state index is 13.1. The van der Waals surface area contributed by atoms with Gasteiger partial charge >= 0.3 is 0 Å². The van der Waals surface area contributed by atoms with Crippen molar-refractivity contribution in [2.45, 2.75) is 20.8 Å². The van der Waals surface area contributed by atoms with Gasteiger partial charge in [0.1, 0.15) is 0 Å². The van der Waals surface area contributed by atoms with Crippen molar-refractivity contribution in [3.05, 3.63) is 53.4 Å². The van der Waals surface area contributed by atoms with Crippen LogP contribution in [-0.4, -0.2) is 28.9 Å². The zero-order valence-corrected chi connectivity index (χ0v) is 15.1. The van der Waals surface area contributed by atoms with Crippen molar-refractivity contribution >= 4 is 28.1 Å². The van der Waals surface area contributed by atoms with E-state index in [4.69, 9.17) is 4.98 Å². The molecule has 0 aliphatic carbocycles. The summed E-state index contributed by atoms with van der Waals surface area (Å²) in [5, 5.41) is 2.95. The van der Waals surface area contributed by atoms with Crippen molar-refractivity contribution in [2.24, 2.45) is 5.92 Å². The van der Waals surface area contributed by atoms with E-state index in [1.165, 1.54) is 0 Å². The van der Waals surface area contributed by atoms with Crippen molar-refractivity contribution < 1.29 is 4.79 Å². The zero-order chi connectivity index (χ0) is 17.1. The average molecular weight is 338 g/mol. The highest BCUT2D eigenvalue weighted by atomic mass is 32.1. The van der Waals surface area contributed by atoms with Gasteiger partial charge in [0.2, 0.25) is 0 Å². The fourth-order valence-electron chi connectivity index (χ4n) is 2.87. The Morgan fingerprint density at radius 3 is 2.67 bits per heavy atom. The van der Waals surface area contributed by atoms with Crippen LogP contribution in [0.2, 0.25) is 0 Å². The first-order chi connectivity index (χ1) is 11.6. The number of carbonyl (C=O) groups excluding carboxylic acids is 1. The number of amides is 1. The largest absolute Gasteiger partial charge is 0.339 e. The van der Waals surface area contributed by atoms with Gasteiger partial charge in [0.25, 0.3) is 5.91 Å². The van der Waals surface area contributed by atoms with Crippen LogP contribution in [0.3, 0.4) is 0 Å². The van der Waals surface area contributed by atoms with Crippen LogP contribution in [0.1, 0.15) is 31.1 Å². The van der Waals surface area contributed by atoms with Gasteiger partial charge in [0, 0.05) is 18.5 Å².